The highest BCUT2D eigenvalue weighted by Gasteiger charge is 2.09. The van der Waals surface area contributed by atoms with Crippen LogP contribution < -0.4 is 4.74 Å². The number of hydrogen-bond donors (Lipinski definition) is 0. The number of alkyl halides is 1. The van der Waals surface area contributed by atoms with E-state index in [9.17, 15) is 0 Å². The Morgan fingerprint density at radius 1 is 1.14 bits per heavy atom. The number of fused-ring (bicyclic) bond motifs is 1. The van der Waals surface area contributed by atoms with Crippen molar-refractivity contribution in [2.75, 3.05) is 0 Å². The number of aryl methyl sites for hydroxylation is 1. The maximum absolute atomic E-state index is 5.97. The third-order valence-corrected chi connectivity index (χ3v) is 4.74. The van der Waals surface area contributed by atoms with Gasteiger partial charge in [0.05, 0.1) is 4.47 Å². The Hall–Kier alpha value is -1.39. The summed E-state index contributed by atoms with van der Waals surface area (Å²) in [6, 6.07) is 14.3. The largest absolute Gasteiger partial charge is 0.438 e. The molecule has 1 heterocycles. The quantitative estimate of drug-likeness (QED) is 0.498. The predicted molar refractivity (Wildman–Crippen MR) is 93.3 cm³/mol. The van der Waals surface area contributed by atoms with E-state index in [2.05, 4.69) is 61.1 Å². The molecular weight excluding hydrogens is 394 g/mol. The summed E-state index contributed by atoms with van der Waals surface area (Å²) >= 11 is 7.07. The fraction of sp³-hybridized carbons (Fsp3) is 0.118. The molecule has 3 aromatic rings. The van der Waals surface area contributed by atoms with Crippen molar-refractivity contribution in [3.8, 4) is 11.6 Å². The number of benzene rings is 2. The lowest BCUT2D eigenvalue weighted by Crippen LogP contribution is -1.94. The molecule has 0 saturated carbocycles. The lowest BCUT2D eigenvalue weighted by Gasteiger charge is -2.11. The van der Waals surface area contributed by atoms with E-state index >= 15 is 0 Å². The SMILES string of the molecule is Cc1cc(CBr)cnc1Oc1ccc2ccccc2c1Br. The molecular formula is C17H13Br2NO. The molecule has 2 aromatic carbocycles. The normalized spacial score (nSPS) is 10.8. The van der Waals surface area contributed by atoms with Gasteiger partial charge >= 0.3 is 0 Å². The van der Waals surface area contributed by atoms with E-state index in [1.54, 1.807) is 0 Å². The van der Waals surface area contributed by atoms with Crippen LogP contribution >= 0.6 is 31.9 Å². The maximum atomic E-state index is 5.97. The summed E-state index contributed by atoms with van der Waals surface area (Å²) < 4.78 is 6.92. The van der Waals surface area contributed by atoms with Crippen molar-refractivity contribution >= 4 is 42.6 Å². The van der Waals surface area contributed by atoms with E-state index in [0.29, 0.717) is 5.88 Å². The predicted octanol–water partition coefficient (Wildman–Crippen LogP) is 5.99. The molecule has 3 rings (SSSR count). The summed E-state index contributed by atoms with van der Waals surface area (Å²) in [5.74, 6) is 1.41. The number of nitrogens with zero attached hydrogens (tertiary/aromatic N) is 1. The van der Waals surface area contributed by atoms with Crippen LogP contribution in [0.1, 0.15) is 11.1 Å². The van der Waals surface area contributed by atoms with Crippen LogP contribution in [0.3, 0.4) is 0 Å². The van der Waals surface area contributed by atoms with Crippen LogP contribution in [-0.2, 0) is 5.33 Å². The van der Waals surface area contributed by atoms with Crippen molar-refractivity contribution in [1.82, 2.24) is 4.98 Å². The second-order valence-corrected chi connectivity index (χ2v) is 6.15. The van der Waals surface area contributed by atoms with Crippen LogP contribution in [0.5, 0.6) is 11.6 Å². The third kappa shape index (κ3) is 2.97. The fourth-order valence-corrected chi connectivity index (χ4v) is 3.08. The lowest BCUT2D eigenvalue weighted by atomic mass is 10.1. The van der Waals surface area contributed by atoms with Gasteiger partial charge in [0.2, 0.25) is 5.88 Å². The van der Waals surface area contributed by atoms with Crippen LogP contribution in [0.25, 0.3) is 10.8 Å². The van der Waals surface area contributed by atoms with Crippen molar-refractivity contribution < 1.29 is 4.74 Å². The molecule has 0 fully saturated rings. The molecule has 0 aliphatic carbocycles. The van der Waals surface area contributed by atoms with Crippen LogP contribution in [0.2, 0.25) is 0 Å². The van der Waals surface area contributed by atoms with Gasteiger partial charge in [-0.15, -0.1) is 0 Å². The number of pyridine rings is 1. The maximum Gasteiger partial charge on any atom is 0.222 e. The van der Waals surface area contributed by atoms with Crippen molar-refractivity contribution in [2.45, 2.75) is 12.3 Å². The van der Waals surface area contributed by atoms with E-state index in [-0.39, 0.29) is 0 Å². The topological polar surface area (TPSA) is 22.1 Å². The second kappa shape index (κ2) is 6.16. The molecule has 0 N–H and O–H groups in total. The minimum atomic E-state index is 0.635. The minimum Gasteiger partial charge on any atom is -0.438 e. The van der Waals surface area contributed by atoms with Crippen LogP contribution in [0.4, 0.5) is 0 Å². The first-order valence-corrected chi connectivity index (χ1v) is 8.47. The summed E-state index contributed by atoms with van der Waals surface area (Å²) in [5, 5.41) is 3.10. The van der Waals surface area contributed by atoms with Crippen LogP contribution in [0, 0.1) is 6.92 Å². The summed E-state index contributed by atoms with van der Waals surface area (Å²) in [6.07, 6.45) is 1.83. The highest BCUT2D eigenvalue weighted by molar-refractivity contribution is 9.10. The minimum absolute atomic E-state index is 0.635. The number of ether oxygens (including phenoxy) is 1. The Balaban J connectivity index is 2.00. The van der Waals surface area contributed by atoms with Gasteiger partial charge in [-0.1, -0.05) is 46.3 Å². The van der Waals surface area contributed by atoms with E-state index < -0.39 is 0 Å². The Labute approximate surface area is 140 Å². The molecule has 0 saturated heterocycles. The van der Waals surface area contributed by atoms with Crippen LogP contribution in [-0.4, -0.2) is 4.98 Å². The standard InChI is InChI=1S/C17H13Br2NO/c1-11-8-12(9-18)10-20-17(11)21-15-7-6-13-4-2-3-5-14(13)16(15)19/h2-8,10H,9H2,1H3. The zero-order valence-corrected chi connectivity index (χ0v) is 14.6. The molecule has 21 heavy (non-hydrogen) atoms. The van der Waals surface area contributed by atoms with Gasteiger partial charge < -0.3 is 4.74 Å². The van der Waals surface area contributed by atoms with Gasteiger partial charge in [-0.3, -0.25) is 0 Å². The summed E-state index contributed by atoms with van der Waals surface area (Å²) in [4.78, 5) is 4.39. The van der Waals surface area contributed by atoms with Gasteiger partial charge in [-0.2, -0.15) is 0 Å². The molecule has 0 unspecified atom stereocenters. The Bertz CT molecular complexity index is 802. The van der Waals surface area contributed by atoms with Crippen LogP contribution in [0.15, 0.2) is 53.1 Å². The van der Waals surface area contributed by atoms with Crippen molar-refractivity contribution in [2.24, 2.45) is 0 Å². The number of halogens is 2. The van der Waals surface area contributed by atoms with Crippen molar-refractivity contribution in [1.29, 1.82) is 0 Å². The first-order chi connectivity index (χ1) is 10.2. The first kappa shape index (κ1) is 14.5. The van der Waals surface area contributed by atoms with Gasteiger partial charge in [0.15, 0.2) is 0 Å². The summed E-state index contributed by atoms with van der Waals surface area (Å²) in [6.45, 7) is 2.00. The van der Waals surface area contributed by atoms with E-state index in [1.807, 2.05) is 31.3 Å². The highest BCUT2D eigenvalue weighted by atomic mass is 79.9. The Morgan fingerprint density at radius 2 is 1.95 bits per heavy atom. The number of rotatable bonds is 3. The number of hydrogen-bond acceptors (Lipinski definition) is 2. The van der Waals surface area contributed by atoms with Crippen molar-refractivity contribution in [3.63, 3.8) is 0 Å². The molecule has 4 heteroatoms. The second-order valence-electron chi connectivity index (χ2n) is 4.80. The zero-order chi connectivity index (χ0) is 14.8. The monoisotopic (exact) mass is 405 g/mol. The van der Waals surface area contributed by atoms with E-state index in [1.165, 1.54) is 5.39 Å². The molecule has 0 aliphatic heterocycles. The van der Waals surface area contributed by atoms with Gasteiger partial charge in [0.1, 0.15) is 5.75 Å². The zero-order valence-electron chi connectivity index (χ0n) is 11.4. The average Bonchev–Trinajstić information content (AvgIpc) is 2.52. The fourth-order valence-electron chi connectivity index (χ4n) is 2.20. The average molecular weight is 407 g/mol. The first-order valence-electron chi connectivity index (χ1n) is 6.55. The Kier molecular flexibility index (Phi) is 4.27. The summed E-state index contributed by atoms with van der Waals surface area (Å²) in [5.41, 5.74) is 2.16. The Morgan fingerprint density at radius 3 is 2.71 bits per heavy atom. The van der Waals surface area contributed by atoms with Gasteiger partial charge in [0, 0.05) is 17.1 Å². The smallest absolute Gasteiger partial charge is 0.222 e. The molecule has 0 spiro atoms. The van der Waals surface area contributed by atoms with Gasteiger partial charge in [-0.05, 0) is 51.3 Å². The molecule has 0 atom stereocenters. The highest BCUT2D eigenvalue weighted by Crippen LogP contribution is 2.36. The van der Waals surface area contributed by atoms with Gasteiger partial charge in [-0.25, -0.2) is 4.98 Å². The molecule has 106 valence electrons. The molecule has 0 amide bonds. The summed E-state index contributed by atoms with van der Waals surface area (Å²) in [7, 11) is 0. The lowest BCUT2D eigenvalue weighted by molar-refractivity contribution is 0.456. The van der Waals surface area contributed by atoms with Crippen molar-refractivity contribution in [3.05, 3.63) is 64.3 Å². The van der Waals surface area contributed by atoms with E-state index in [4.69, 9.17) is 4.74 Å². The molecule has 0 radical (unpaired) electrons. The number of aromatic nitrogens is 1. The molecule has 2 nitrogen and oxygen atoms in total. The molecule has 0 bridgehead atoms. The third-order valence-electron chi connectivity index (χ3n) is 3.28. The molecule has 1 aromatic heterocycles. The van der Waals surface area contributed by atoms with E-state index in [0.717, 1.165) is 32.1 Å². The van der Waals surface area contributed by atoms with Gasteiger partial charge in [0.25, 0.3) is 0 Å². The molecule has 0 aliphatic rings.